The highest BCUT2D eigenvalue weighted by atomic mass is 19.1. The summed E-state index contributed by atoms with van der Waals surface area (Å²) in [4.78, 5) is 0. The third-order valence-electron chi connectivity index (χ3n) is 2.67. The van der Waals surface area contributed by atoms with Gasteiger partial charge in [0.15, 0.2) is 0 Å². The molecular formula is C14H14F2O2. The first-order valence-electron chi connectivity index (χ1n) is 5.70. The molecule has 1 unspecified atom stereocenters. The van der Waals surface area contributed by atoms with Crippen molar-refractivity contribution >= 4 is 0 Å². The van der Waals surface area contributed by atoms with Crippen molar-refractivity contribution in [1.82, 2.24) is 0 Å². The number of hydrogen-bond acceptors (Lipinski definition) is 2. The van der Waals surface area contributed by atoms with E-state index in [0.29, 0.717) is 12.2 Å². The third-order valence-corrected chi connectivity index (χ3v) is 2.67. The summed E-state index contributed by atoms with van der Waals surface area (Å²) in [5.41, 5.74) is 0.349. The van der Waals surface area contributed by atoms with Crippen LogP contribution in [0, 0.1) is 18.6 Å². The van der Waals surface area contributed by atoms with Crippen LogP contribution in [0.25, 0.3) is 11.3 Å². The fraction of sp³-hybridized carbons (Fsp3) is 0.286. The maximum absolute atomic E-state index is 13.7. The van der Waals surface area contributed by atoms with E-state index < -0.39 is 17.7 Å². The first-order valence-corrected chi connectivity index (χ1v) is 5.70. The Morgan fingerprint density at radius 1 is 1.22 bits per heavy atom. The second-order valence-electron chi connectivity index (χ2n) is 4.40. The molecule has 0 fully saturated rings. The van der Waals surface area contributed by atoms with Crippen molar-refractivity contribution in [3.05, 3.63) is 47.2 Å². The van der Waals surface area contributed by atoms with Crippen molar-refractivity contribution in [2.75, 3.05) is 0 Å². The second kappa shape index (κ2) is 4.90. The Hall–Kier alpha value is -1.68. The summed E-state index contributed by atoms with van der Waals surface area (Å²) in [6.07, 6.45) is -0.195. The van der Waals surface area contributed by atoms with E-state index in [9.17, 15) is 13.9 Å². The number of benzene rings is 1. The topological polar surface area (TPSA) is 33.4 Å². The smallest absolute Gasteiger partial charge is 0.137 e. The monoisotopic (exact) mass is 252 g/mol. The molecule has 0 amide bonds. The minimum absolute atomic E-state index is 0.0925. The maximum Gasteiger partial charge on any atom is 0.137 e. The molecule has 0 aliphatic carbocycles. The van der Waals surface area contributed by atoms with Gasteiger partial charge < -0.3 is 9.52 Å². The highest BCUT2D eigenvalue weighted by Crippen LogP contribution is 2.27. The van der Waals surface area contributed by atoms with Gasteiger partial charge in [-0.1, -0.05) is 0 Å². The van der Waals surface area contributed by atoms with Crippen molar-refractivity contribution in [2.24, 2.45) is 0 Å². The summed E-state index contributed by atoms with van der Waals surface area (Å²) in [5, 5.41) is 9.23. The van der Waals surface area contributed by atoms with E-state index in [2.05, 4.69) is 0 Å². The molecule has 0 radical (unpaired) electrons. The fourth-order valence-corrected chi connectivity index (χ4v) is 1.76. The predicted octanol–water partition coefficient (Wildman–Crippen LogP) is 3.46. The van der Waals surface area contributed by atoms with Gasteiger partial charge in [0.1, 0.15) is 23.2 Å². The molecule has 2 aromatic rings. The van der Waals surface area contributed by atoms with Gasteiger partial charge in [-0.2, -0.15) is 0 Å². The lowest BCUT2D eigenvalue weighted by Gasteiger charge is -2.03. The zero-order valence-corrected chi connectivity index (χ0v) is 10.2. The van der Waals surface area contributed by atoms with Crippen molar-refractivity contribution in [1.29, 1.82) is 0 Å². The van der Waals surface area contributed by atoms with Gasteiger partial charge in [-0.3, -0.25) is 0 Å². The molecule has 1 atom stereocenters. The van der Waals surface area contributed by atoms with E-state index in [1.54, 1.807) is 19.1 Å². The van der Waals surface area contributed by atoms with Crippen LogP contribution in [-0.2, 0) is 6.42 Å². The van der Waals surface area contributed by atoms with Crippen LogP contribution in [0.5, 0.6) is 0 Å². The molecule has 2 rings (SSSR count). The average Bonchev–Trinajstić information content (AvgIpc) is 2.70. The summed E-state index contributed by atoms with van der Waals surface area (Å²) in [7, 11) is 0. The highest BCUT2D eigenvalue weighted by molar-refractivity contribution is 5.59. The molecule has 18 heavy (non-hydrogen) atoms. The first-order chi connectivity index (χ1) is 8.47. The van der Waals surface area contributed by atoms with Crippen LogP contribution in [0.1, 0.15) is 18.2 Å². The van der Waals surface area contributed by atoms with E-state index in [-0.39, 0.29) is 16.9 Å². The van der Waals surface area contributed by atoms with Crippen LogP contribution in [0.2, 0.25) is 0 Å². The van der Waals surface area contributed by atoms with Gasteiger partial charge in [0, 0.05) is 6.42 Å². The molecule has 1 aromatic heterocycles. The summed E-state index contributed by atoms with van der Waals surface area (Å²) in [5.74, 6) is -0.186. The largest absolute Gasteiger partial charge is 0.461 e. The lowest BCUT2D eigenvalue weighted by Crippen LogP contribution is -2.02. The minimum Gasteiger partial charge on any atom is -0.461 e. The standard InChI is InChI=1S/C14H14F2O2/c1-8-5-13(16)11(7-12(8)15)14-4-3-10(18-14)6-9(2)17/h3-5,7,9,17H,6H2,1-2H3. The Morgan fingerprint density at radius 2 is 1.94 bits per heavy atom. The van der Waals surface area contributed by atoms with Gasteiger partial charge in [0.25, 0.3) is 0 Å². The van der Waals surface area contributed by atoms with Crippen LogP contribution < -0.4 is 0 Å². The highest BCUT2D eigenvalue weighted by Gasteiger charge is 2.13. The SMILES string of the molecule is Cc1cc(F)c(-c2ccc(CC(C)O)o2)cc1F. The van der Waals surface area contributed by atoms with E-state index >= 15 is 0 Å². The molecule has 4 heteroatoms. The second-order valence-corrected chi connectivity index (χ2v) is 4.40. The minimum atomic E-state index is -0.538. The summed E-state index contributed by atoms with van der Waals surface area (Å²) in [6.45, 7) is 3.14. The number of aliphatic hydroxyl groups excluding tert-OH is 1. The molecule has 0 saturated carbocycles. The number of aliphatic hydroxyl groups is 1. The van der Waals surface area contributed by atoms with Gasteiger partial charge in [0.2, 0.25) is 0 Å². The number of hydrogen-bond donors (Lipinski definition) is 1. The molecular weight excluding hydrogens is 238 g/mol. The number of furan rings is 1. The summed E-state index contributed by atoms with van der Waals surface area (Å²) < 4.78 is 32.5. The van der Waals surface area contributed by atoms with Gasteiger partial charge >= 0.3 is 0 Å². The molecule has 0 bridgehead atoms. The van der Waals surface area contributed by atoms with Crippen molar-refractivity contribution in [2.45, 2.75) is 26.4 Å². The number of rotatable bonds is 3. The molecule has 0 aliphatic rings. The lowest BCUT2D eigenvalue weighted by molar-refractivity contribution is 0.187. The zero-order chi connectivity index (χ0) is 13.3. The third kappa shape index (κ3) is 2.59. The van der Waals surface area contributed by atoms with E-state index in [1.807, 2.05) is 0 Å². The lowest BCUT2D eigenvalue weighted by atomic mass is 10.1. The molecule has 1 aromatic carbocycles. The molecule has 96 valence electrons. The van der Waals surface area contributed by atoms with Gasteiger partial charge in [-0.25, -0.2) is 8.78 Å². The van der Waals surface area contributed by atoms with Crippen LogP contribution >= 0.6 is 0 Å². The van der Waals surface area contributed by atoms with Crippen molar-refractivity contribution in [3.8, 4) is 11.3 Å². The van der Waals surface area contributed by atoms with Crippen LogP contribution in [0.15, 0.2) is 28.7 Å². The van der Waals surface area contributed by atoms with Crippen LogP contribution in [0.4, 0.5) is 8.78 Å². The maximum atomic E-state index is 13.7. The Labute approximate surface area is 104 Å². The Balaban J connectivity index is 2.37. The summed E-state index contributed by atoms with van der Waals surface area (Å²) in [6, 6.07) is 5.49. The molecule has 0 saturated heterocycles. The van der Waals surface area contributed by atoms with Gasteiger partial charge in [0.05, 0.1) is 11.7 Å². The van der Waals surface area contributed by atoms with Gasteiger partial charge in [-0.15, -0.1) is 0 Å². The Kier molecular flexibility index (Phi) is 3.48. The van der Waals surface area contributed by atoms with Crippen LogP contribution in [-0.4, -0.2) is 11.2 Å². The normalized spacial score (nSPS) is 12.7. The average molecular weight is 252 g/mol. The molecule has 0 spiro atoms. The van der Waals surface area contributed by atoms with E-state index in [1.165, 1.54) is 6.92 Å². The van der Waals surface area contributed by atoms with Gasteiger partial charge in [-0.05, 0) is 43.7 Å². The summed E-state index contributed by atoms with van der Waals surface area (Å²) >= 11 is 0. The Bertz CT molecular complexity index is 559. The first kappa shape index (κ1) is 12.8. The number of halogens is 2. The Morgan fingerprint density at radius 3 is 2.61 bits per heavy atom. The predicted molar refractivity (Wildman–Crippen MR) is 64.2 cm³/mol. The van der Waals surface area contributed by atoms with Crippen molar-refractivity contribution < 1.29 is 18.3 Å². The van der Waals surface area contributed by atoms with Crippen LogP contribution in [0.3, 0.4) is 0 Å². The zero-order valence-electron chi connectivity index (χ0n) is 10.2. The molecule has 1 heterocycles. The molecule has 0 aliphatic heterocycles. The van der Waals surface area contributed by atoms with E-state index in [4.69, 9.17) is 4.42 Å². The van der Waals surface area contributed by atoms with E-state index in [0.717, 1.165) is 12.1 Å². The number of aryl methyl sites for hydroxylation is 1. The molecule has 2 nitrogen and oxygen atoms in total. The van der Waals surface area contributed by atoms with Crippen molar-refractivity contribution in [3.63, 3.8) is 0 Å². The molecule has 1 N–H and O–H groups in total. The quantitative estimate of drug-likeness (QED) is 0.907. The fourth-order valence-electron chi connectivity index (χ4n) is 1.76.